The molecule has 0 aromatic carbocycles. The Kier molecular flexibility index (Phi) is 6.79. The van der Waals surface area contributed by atoms with E-state index < -0.39 is 0 Å². The van der Waals surface area contributed by atoms with Crippen LogP contribution in [-0.2, 0) is 4.79 Å². The van der Waals surface area contributed by atoms with E-state index in [1.165, 1.54) is 0 Å². The van der Waals surface area contributed by atoms with Gasteiger partial charge in [-0.15, -0.1) is 11.6 Å². The number of carbonyl (C=O) groups is 2. The van der Waals surface area contributed by atoms with E-state index >= 15 is 0 Å². The number of amides is 2. The first-order valence-electron chi connectivity index (χ1n) is 5.75. The van der Waals surface area contributed by atoms with Crippen LogP contribution in [0.1, 0.15) is 23.2 Å². The second-order valence-corrected chi connectivity index (χ2v) is 4.01. The number of pyridine rings is 1. The number of rotatable bonds is 7. The number of alkyl halides is 1. The van der Waals surface area contributed by atoms with Crippen molar-refractivity contribution in [3.05, 3.63) is 30.1 Å². The molecule has 1 aromatic heterocycles. The van der Waals surface area contributed by atoms with Gasteiger partial charge in [0.05, 0.1) is 0 Å². The lowest BCUT2D eigenvalue weighted by Crippen LogP contribution is -2.34. The Morgan fingerprint density at radius 2 is 1.83 bits per heavy atom. The molecule has 1 aromatic rings. The third kappa shape index (κ3) is 5.63. The van der Waals surface area contributed by atoms with Gasteiger partial charge in [0.1, 0.15) is 0 Å². The van der Waals surface area contributed by atoms with Crippen molar-refractivity contribution in [3.63, 3.8) is 0 Å². The summed E-state index contributed by atoms with van der Waals surface area (Å²) < 4.78 is 0. The van der Waals surface area contributed by atoms with Crippen LogP contribution in [0.5, 0.6) is 0 Å². The van der Waals surface area contributed by atoms with Crippen molar-refractivity contribution >= 4 is 23.4 Å². The lowest BCUT2D eigenvalue weighted by molar-refractivity contribution is -0.121. The van der Waals surface area contributed by atoms with Crippen LogP contribution in [0, 0.1) is 0 Å². The fraction of sp³-hybridized carbons (Fsp3) is 0.417. The smallest absolute Gasteiger partial charge is 0.251 e. The van der Waals surface area contributed by atoms with Crippen LogP contribution in [0.2, 0.25) is 0 Å². The molecule has 2 amide bonds. The molecule has 0 saturated carbocycles. The van der Waals surface area contributed by atoms with Gasteiger partial charge < -0.3 is 10.6 Å². The first-order chi connectivity index (χ1) is 8.74. The summed E-state index contributed by atoms with van der Waals surface area (Å²) in [7, 11) is 0. The van der Waals surface area contributed by atoms with Crippen LogP contribution >= 0.6 is 11.6 Å². The Balaban J connectivity index is 2.15. The van der Waals surface area contributed by atoms with Crippen molar-refractivity contribution in [2.24, 2.45) is 0 Å². The number of hydrogen-bond donors (Lipinski definition) is 2. The van der Waals surface area contributed by atoms with Crippen LogP contribution < -0.4 is 10.6 Å². The highest BCUT2D eigenvalue weighted by Crippen LogP contribution is 1.94. The Morgan fingerprint density at radius 3 is 2.50 bits per heavy atom. The zero-order valence-corrected chi connectivity index (χ0v) is 10.7. The molecule has 1 rings (SSSR count). The molecule has 5 nitrogen and oxygen atoms in total. The third-order valence-corrected chi connectivity index (χ3v) is 2.48. The minimum atomic E-state index is -0.174. The van der Waals surface area contributed by atoms with Crippen LogP contribution in [0.4, 0.5) is 0 Å². The van der Waals surface area contributed by atoms with Gasteiger partial charge in [-0.3, -0.25) is 14.6 Å². The zero-order chi connectivity index (χ0) is 13.2. The zero-order valence-electron chi connectivity index (χ0n) is 9.99. The molecule has 0 aliphatic rings. The van der Waals surface area contributed by atoms with E-state index in [9.17, 15) is 9.59 Å². The van der Waals surface area contributed by atoms with Crippen molar-refractivity contribution in [2.75, 3.05) is 19.0 Å². The molecular weight excluding hydrogens is 254 g/mol. The molecule has 2 N–H and O–H groups in total. The molecule has 1 heterocycles. The van der Waals surface area contributed by atoms with Gasteiger partial charge in [-0.25, -0.2) is 0 Å². The summed E-state index contributed by atoms with van der Waals surface area (Å²) in [5.41, 5.74) is 0.554. The molecule has 0 atom stereocenters. The van der Waals surface area contributed by atoms with Gasteiger partial charge in [0.2, 0.25) is 5.91 Å². The van der Waals surface area contributed by atoms with Crippen molar-refractivity contribution in [1.82, 2.24) is 15.6 Å². The highest BCUT2D eigenvalue weighted by molar-refractivity contribution is 6.17. The average molecular weight is 270 g/mol. The maximum absolute atomic E-state index is 11.6. The lowest BCUT2D eigenvalue weighted by atomic mass is 10.2. The van der Waals surface area contributed by atoms with Gasteiger partial charge in [0.25, 0.3) is 5.91 Å². The number of nitrogens with one attached hydrogen (secondary N) is 2. The first kappa shape index (κ1) is 14.4. The summed E-state index contributed by atoms with van der Waals surface area (Å²) in [5.74, 6) is 0.257. The summed E-state index contributed by atoms with van der Waals surface area (Å²) in [4.78, 5) is 26.6. The van der Waals surface area contributed by atoms with Crippen molar-refractivity contribution < 1.29 is 9.59 Å². The standard InChI is InChI=1S/C12H16ClN3O2/c13-5-1-2-11(17)15-8-9-16-12(18)10-3-6-14-7-4-10/h3-4,6-7H,1-2,5,8-9H2,(H,15,17)(H,16,18). The predicted octanol–water partition coefficient (Wildman–Crippen LogP) is 0.947. The quantitative estimate of drug-likeness (QED) is 0.572. The average Bonchev–Trinajstić information content (AvgIpc) is 2.42. The number of carbonyl (C=O) groups excluding carboxylic acids is 2. The monoisotopic (exact) mass is 269 g/mol. The lowest BCUT2D eigenvalue weighted by Gasteiger charge is -2.06. The predicted molar refractivity (Wildman–Crippen MR) is 69.5 cm³/mol. The second kappa shape index (κ2) is 8.47. The molecule has 0 unspecified atom stereocenters. The normalized spacial score (nSPS) is 9.83. The Bertz CT molecular complexity index is 384. The van der Waals surface area contributed by atoms with Gasteiger partial charge in [0.15, 0.2) is 0 Å². The van der Waals surface area contributed by atoms with E-state index in [1.807, 2.05) is 0 Å². The molecule has 0 radical (unpaired) electrons. The van der Waals surface area contributed by atoms with Crippen molar-refractivity contribution in [2.45, 2.75) is 12.8 Å². The van der Waals surface area contributed by atoms with Crippen molar-refractivity contribution in [1.29, 1.82) is 0 Å². The number of nitrogens with zero attached hydrogens (tertiary/aromatic N) is 1. The van der Waals surface area contributed by atoms with Gasteiger partial charge in [-0.1, -0.05) is 0 Å². The van der Waals surface area contributed by atoms with Crippen LogP contribution in [0.25, 0.3) is 0 Å². The molecule has 0 spiro atoms. The summed E-state index contributed by atoms with van der Waals surface area (Å²) >= 11 is 5.47. The minimum Gasteiger partial charge on any atom is -0.354 e. The minimum absolute atomic E-state index is 0.0474. The molecule has 6 heteroatoms. The van der Waals surface area contributed by atoms with Crippen LogP contribution in [0.3, 0.4) is 0 Å². The molecule has 0 bridgehead atoms. The fourth-order valence-corrected chi connectivity index (χ4v) is 1.43. The number of hydrogen-bond acceptors (Lipinski definition) is 3. The van der Waals surface area contributed by atoms with Crippen molar-refractivity contribution in [3.8, 4) is 0 Å². The second-order valence-electron chi connectivity index (χ2n) is 3.63. The van der Waals surface area contributed by atoms with Crippen LogP contribution in [-0.4, -0.2) is 35.8 Å². The summed E-state index contributed by atoms with van der Waals surface area (Å²) in [6.45, 7) is 0.811. The van der Waals surface area contributed by atoms with E-state index in [0.717, 1.165) is 0 Å². The topological polar surface area (TPSA) is 71.1 Å². The largest absolute Gasteiger partial charge is 0.354 e. The maximum Gasteiger partial charge on any atom is 0.251 e. The molecule has 98 valence electrons. The Hall–Kier alpha value is -1.62. The molecule has 0 fully saturated rings. The van der Waals surface area contributed by atoms with E-state index in [-0.39, 0.29) is 11.8 Å². The Morgan fingerprint density at radius 1 is 1.17 bits per heavy atom. The van der Waals surface area contributed by atoms with Gasteiger partial charge >= 0.3 is 0 Å². The summed E-state index contributed by atoms with van der Waals surface area (Å²) in [6.07, 6.45) is 4.20. The third-order valence-electron chi connectivity index (χ3n) is 2.21. The highest BCUT2D eigenvalue weighted by Gasteiger charge is 2.04. The molecule has 0 aliphatic carbocycles. The summed E-state index contributed by atoms with van der Waals surface area (Å²) in [6, 6.07) is 3.27. The first-order valence-corrected chi connectivity index (χ1v) is 6.28. The number of aromatic nitrogens is 1. The molecule has 0 saturated heterocycles. The number of halogens is 1. The van der Waals surface area contributed by atoms with Crippen LogP contribution in [0.15, 0.2) is 24.5 Å². The molecular formula is C12H16ClN3O2. The highest BCUT2D eigenvalue weighted by atomic mass is 35.5. The fourth-order valence-electron chi connectivity index (χ4n) is 1.30. The summed E-state index contributed by atoms with van der Waals surface area (Å²) in [5, 5.41) is 5.40. The molecule has 18 heavy (non-hydrogen) atoms. The Labute approximate surface area is 111 Å². The van der Waals surface area contributed by atoms with Gasteiger partial charge in [0, 0.05) is 43.3 Å². The molecule has 0 aliphatic heterocycles. The maximum atomic E-state index is 11.6. The van der Waals surface area contributed by atoms with Gasteiger partial charge in [-0.05, 0) is 18.6 Å². The van der Waals surface area contributed by atoms with E-state index in [0.29, 0.717) is 37.4 Å². The van der Waals surface area contributed by atoms with Gasteiger partial charge in [-0.2, -0.15) is 0 Å². The SMILES string of the molecule is O=C(CCCCl)NCCNC(=O)c1ccncc1. The van der Waals surface area contributed by atoms with E-state index in [1.54, 1.807) is 24.5 Å². The van der Waals surface area contributed by atoms with E-state index in [2.05, 4.69) is 15.6 Å². The van der Waals surface area contributed by atoms with E-state index in [4.69, 9.17) is 11.6 Å².